The molecule has 106 valence electrons. The van der Waals surface area contributed by atoms with E-state index in [0.717, 1.165) is 38.0 Å². The van der Waals surface area contributed by atoms with Gasteiger partial charge in [-0.1, -0.05) is 6.92 Å². The van der Waals surface area contributed by atoms with Gasteiger partial charge in [0, 0.05) is 31.4 Å². The summed E-state index contributed by atoms with van der Waals surface area (Å²) in [4.78, 5) is 14.5. The van der Waals surface area contributed by atoms with Crippen molar-refractivity contribution in [1.82, 2.24) is 20.0 Å². The van der Waals surface area contributed by atoms with Gasteiger partial charge < -0.3 is 16.0 Å². The van der Waals surface area contributed by atoms with Gasteiger partial charge in [0.15, 0.2) is 0 Å². The highest BCUT2D eigenvalue weighted by molar-refractivity contribution is 5.83. The first-order chi connectivity index (χ1) is 9.10. The summed E-state index contributed by atoms with van der Waals surface area (Å²) in [6.07, 6.45) is 5.58. The maximum atomic E-state index is 12.1. The van der Waals surface area contributed by atoms with E-state index >= 15 is 0 Å². The fraction of sp³-hybridized carbons (Fsp3) is 0.692. The molecule has 0 spiro atoms. The highest BCUT2D eigenvalue weighted by Gasteiger charge is 2.24. The Bertz CT molecular complexity index is 430. The minimum absolute atomic E-state index is 0.115. The second kappa shape index (κ2) is 6.16. The van der Waals surface area contributed by atoms with Gasteiger partial charge in [0.2, 0.25) is 5.91 Å². The van der Waals surface area contributed by atoms with Crippen LogP contribution in [0.15, 0.2) is 12.4 Å². The molecule has 1 aromatic rings. The lowest BCUT2D eigenvalue weighted by molar-refractivity contribution is -0.123. The summed E-state index contributed by atoms with van der Waals surface area (Å²) in [7, 11) is 1.81. The molecule has 2 heterocycles. The fourth-order valence-corrected chi connectivity index (χ4v) is 2.50. The topological polar surface area (TPSA) is 76.2 Å². The van der Waals surface area contributed by atoms with Crippen LogP contribution in [0.3, 0.4) is 0 Å². The van der Waals surface area contributed by atoms with Crippen LogP contribution in [0.5, 0.6) is 0 Å². The van der Waals surface area contributed by atoms with E-state index in [1.807, 2.05) is 7.05 Å². The molecular weight excluding hydrogens is 242 g/mol. The first-order valence-electron chi connectivity index (χ1n) is 6.87. The Labute approximate surface area is 113 Å². The van der Waals surface area contributed by atoms with Gasteiger partial charge in [-0.05, 0) is 25.9 Å². The number of nitrogens with one attached hydrogen (secondary N) is 1. The van der Waals surface area contributed by atoms with Gasteiger partial charge in [0.1, 0.15) is 6.04 Å². The van der Waals surface area contributed by atoms with Crippen molar-refractivity contribution in [3.8, 4) is 0 Å². The molecule has 1 saturated heterocycles. The van der Waals surface area contributed by atoms with Gasteiger partial charge in [-0.3, -0.25) is 9.48 Å². The van der Waals surface area contributed by atoms with Gasteiger partial charge in [0.05, 0.1) is 6.20 Å². The summed E-state index contributed by atoms with van der Waals surface area (Å²) in [6.45, 7) is 5.21. The number of aryl methyl sites for hydroxylation is 1. The molecule has 6 heteroatoms. The molecule has 1 aliphatic heterocycles. The SMILES string of the molecule is CCN1CCCC(NC(=O)C(N)c2cnn(C)c2)C1. The number of hydrogen-bond acceptors (Lipinski definition) is 4. The molecule has 19 heavy (non-hydrogen) atoms. The quantitative estimate of drug-likeness (QED) is 0.805. The van der Waals surface area contributed by atoms with E-state index in [0.29, 0.717) is 0 Å². The van der Waals surface area contributed by atoms with Crippen molar-refractivity contribution in [3.63, 3.8) is 0 Å². The van der Waals surface area contributed by atoms with Crippen molar-refractivity contribution in [2.24, 2.45) is 12.8 Å². The smallest absolute Gasteiger partial charge is 0.241 e. The summed E-state index contributed by atoms with van der Waals surface area (Å²) in [6, 6.07) is -0.422. The van der Waals surface area contributed by atoms with Crippen molar-refractivity contribution < 1.29 is 4.79 Å². The van der Waals surface area contributed by atoms with Gasteiger partial charge >= 0.3 is 0 Å². The summed E-state index contributed by atoms with van der Waals surface area (Å²) in [5.74, 6) is -0.115. The average molecular weight is 265 g/mol. The Morgan fingerprint density at radius 1 is 1.68 bits per heavy atom. The molecule has 3 N–H and O–H groups in total. The number of aromatic nitrogens is 2. The van der Waals surface area contributed by atoms with E-state index in [4.69, 9.17) is 5.73 Å². The lowest BCUT2D eigenvalue weighted by Gasteiger charge is -2.32. The second-order valence-corrected chi connectivity index (χ2v) is 5.17. The van der Waals surface area contributed by atoms with Crippen LogP contribution in [0.25, 0.3) is 0 Å². The molecule has 0 saturated carbocycles. The number of piperidine rings is 1. The lowest BCUT2D eigenvalue weighted by Crippen LogP contribution is -2.49. The number of carbonyl (C=O) groups is 1. The van der Waals surface area contributed by atoms with Crippen molar-refractivity contribution in [1.29, 1.82) is 0 Å². The Kier molecular flexibility index (Phi) is 4.55. The lowest BCUT2D eigenvalue weighted by atomic mass is 10.0. The fourth-order valence-electron chi connectivity index (χ4n) is 2.50. The highest BCUT2D eigenvalue weighted by Crippen LogP contribution is 2.12. The average Bonchev–Trinajstić information content (AvgIpc) is 2.84. The van der Waals surface area contributed by atoms with Crippen molar-refractivity contribution in [2.45, 2.75) is 31.8 Å². The molecule has 0 bridgehead atoms. The van der Waals surface area contributed by atoms with Crippen LogP contribution >= 0.6 is 0 Å². The number of carbonyl (C=O) groups excluding carboxylic acids is 1. The van der Waals surface area contributed by atoms with E-state index in [9.17, 15) is 4.79 Å². The third kappa shape index (κ3) is 3.54. The number of likely N-dealkylation sites (N-methyl/N-ethyl adjacent to an activating group) is 1. The van der Waals surface area contributed by atoms with E-state index in [2.05, 4.69) is 22.2 Å². The van der Waals surface area contributed by atoms with E-state index in [1.54, 1.807) is 17.1 Å². The van der Waals surface area contributed by atoms with Crippen LogP contribution in [-0.2, 0) is 11.8 Å². The first-order valence-corrected chi connectivity index (χ1v) is 6.87. The van der Waals surface area contributed by atoms with Crippen LogP contribution in [0.1, 0.15) is 31.4 Å². The minimum atomic E-state index is -0.634. The largest absolute Gasteiger partial charge is 0.350 e. The normalized spacial score (nSPS) is 22.2. The second-order valence-electron chi connectivity index (χ2n) is 5.17. The zero-order valence-corrected chi connectivity index (χ0v) is 11.7. The minimum Gasteiger partial charge on any atom is -0.350 e. The molecule has 1 aliphatic rings. The molecule has 6 nitrogen and oxygen atoms in total. The monoisotopic (exact) mass is 265 g/mol. The zero-order valence-electron chi connectivity index (χ0n) is 11.7. The van der Waals surface area contributed by atoms with Gasteiger partial charge in [-0.25, -0.2) is 0 Å². The molecular formula is C13H23N5O. The molecule has 2 atom stereocenters. The maximum absolute atomic E-state index is 12.1. The van der Waals surface area contributed by atoms with E-state index in [1.165, 1.54) is 0 Å². The van der Waals surface area contributed by atoms with Crippen molar-refractivity contribution >= 4 is 5.91 Å². The van der Waals surface area contributed by atoms with Crippen LogP contribution < -0.4 is 11.1 Å². The van der Waals surface area contributed by atoms with Crippen molar-refractivity contribution in [2.75, 3.05) is 19.6 Å². The number of amides is 1. The molecule has 0 aromatic carbocycles. The maximum Gasteiger partial charge on any atom is 0.241 e. The first kappa shape index (κ1) is 14.0. The van der Waals surface area contributed by atoms with Crippen LogP contribution in [0.2, 0.25) is 0 Å². The molecule has 1 fully saturated rings. The van der Waals surface area contributed by atoms with Crippen molar-refractivity contribution in [3.05, 3.63) is 18.0 Å². The summed E-state index contributed by atoms with van der Waals surface area (Å²) < 4.78 is 1.65. The third-order valence-electron chi connectivity index (χ3n) is 3.67. The highest BCUT2D eigenvalue weighted by atomic mass is 16.2. The van der Waals surface area contributed by atoms with Crippen LogP contribution in [-0.4, -0.2) is 46.3 Å². The predicted octanol–water partition coefficient (Wildman–Crippen LogP) is 0.0204. The number of nitrogens with zero attached hydrogens (tertiary/aromatic N) is 3. The Morgan fingerprint density at radius 2 is 2.47 bits per heavy atom. The molecule has 2 unspecified atom stereocenters. The Morgan fingerprint density at radius 3 is 3.11 bits per heavy atom. The van der Waals surface area contributed by atoms with Gasteiger partial charge in [-0.15, -0.1) is 0 Å². The summed E-state index contributed by atoms with van der Waals surface area (Å²) in [5, 5.41) is 7.09. The number of nitrogens with two attached hydrogens (primary N) is 1. The predicted molar refractivity (Wildman–Crippen MR) is 73.4 cm³/mol. The van der Waals surface area contributed by atoms with Crippen LogP contribution in [0.4, 0.5) is 0 Å². The summed E-state index contributed by atoms with van der Waals surface area (Å²) in [5.41, 5.74) is 6.71. The molecule has 1 aromatic heterocycles. The Hall–Kier alpha value is -1.40. The number of rotatable bonds is 4. The molecule has 0 aliphatic carbocycles. The summed E-state index contributed by atoms with van der Waals surface area (Å²) >= 11 is 0. The van der Waals surface area contributed by atoms with Crippen LogP contribution in [0, 0.1) is 0 Å². The third-order valence-corrected chi connectivity index (χ3v) is 3.67. The number of likely N-dealkylation sites (tertiary alicyclic amines) is 1. The van der Waals surface area contributed by atoms with Gasteiger partial charge in [0.25, 0.3) is 0 Å². The zero-order chi connectivity index (χ0) is 13.8. The van der Waals surface area contributed by atoms with E-state index < -0.39 is 6.04 Å². The standard InChI is InChI=1S/C13H23N5O/c1-3-18-6-4-5-11(9-18)16-13(19)12(14)10-7-15-17(2)8-10/h7-8,11-12H,3-6,9,14H2,1-2H3,(H,16,19). The molecule has 1 amide bonds. The molecule has 2 rings (SSSR count). The molecule has 0 radical (unpaired) electrons. The van der Waals surface area contributed by atoms with Gasteiger partial charge in [-0.2, -0.15) is 5.10 Å². The van der Waals surface area contributed by atoms with E-state index in [-0.39, 0.29) is 11.9 Å². The number of hydrogen-bond donors (Lipinski definition) is 2. The Balaban J connectivity index is 1.89.